The van der Waals surface area contributed by atoms with Gasteiger partial charge in [-0.2, -0.15) is 8.42 Å². The molecule has 0 aliphatic carbocycles. The molecule has 2 atom stereocenters. The summed E-state index contributed by atoms with van der Waals surface area (Å²) in [5.41, 5.74) is 0. The van der Waals surface area contributed by atoms with Crippen LogP contribution in [0.5, 0.6) is 0 Å². The second-order valence-electron chi connectivity index (χ2n) is 16.4. The molecule has 0 heterocycles. The zero-order valence-electron chi connectivity index (χ0n) is 35.9. The van der Waals surface area contributed by atoms with Gasteiger partial charge in [0, 0.05) is 6.42 Å². The number of carbonyl (C=O) groups excluding carboxylic acids is 1. The minimum absolute atomic E-state index is 0.283. The Kier molecular flexibility index (Phi) is 40.5. The smallest absolute Gasteiger partial charge is 0.267 e. The Balaban J connectivity index is 3.86. The molecule has 0 rings (SSSR count). The number of allylic oxidation sites excluding steroid dienone is 3. The summed E-state index contributed by atoms with van der Waals surface area (Å²) in [5.74, 6) is -0.989. The molecule has 0 bridgehead atoms. The number of hydrogen-bond donors (Lipinski definition) is 3. The highest BCUT2D eigenvalue weighted by atomic mass is 32.2. The van der Waals surface area contributed by atoms with Crippen molar-refractivity contribution in [3.05, 3.63) is 24.3 Å². The normalized spacial score (nSPS) is 13.3. The van der Waals surface area contributed by atoms with E-state index in [4.69, 9.17) is 0 Å². The van der Waals surface area contributed by atoms with Gasteiger partial charge in [0.1, 0.15) is 0 Å². The summed E-state index contributed by atoms with van der Waals surface area (Å²) in [4.78, 5) is 12.6. The van der Waals surface area contributed by atoms with Crippen LogP contribution in [-0.2, 0) is 14.9 Å². The molecule has 54 heavy (non-hydrogen) atoms. The third kappa shape index (κ3) is 42.0. The molecule has 0 aliphatic rings. The molecule has 0 aromatic carbocycles. The van der Waals surface area contributed by atoms with Crippen molar-refractivity contribution in [1.29, 1.82) is 0 Å². The SMILES string of the molecule is CCCCCCCCCCCCCCCC/C=C/CC/C=C/C(O)C(CS(=O)(=O)O)NC(=O)CCCCCCCCCCCCCCCCCCCCC. The summed E-state index contributed by atoms with van der Waals surface area (Å²) in [6.07, 6.45) is 53.2. The molecule has 0 spiro atoms. The van der Waals surface area contributed by atoms with Crippen LogP contribution in [-0.4, -0.2) is 41.9 Å². The Morgan fingerprint density at radius 3 is 1.17 bits per heavy atom. The van der Waals surface area contributed by atoms with E-state index >= 15 is 0 Å². The summed E-state index contributed by atoms with van der Waals surface area (Å²) in [7, 11) is -4.35. The van der Waals surface area contributed by atoms with Crippen molar-refractivity contribution in [1.82, 2.24) is 5.32 Å². The Hall–Kier alpha value is -1.18. The van der Waals surface area contributed by atoms with Crippen molar-refractivity contribution < 1.29 is 22.9 Å². The second-order valence-corrected chi connectivity index (χ2v) is 17.9. The predicted molar refractivity (Wildman–Crippen MR) is 235 cm³/mol. The Morgan fingerprint density at radius 2 is 0.796 bits per heavy atom. The summed E-state index contributed by atoms with van der Waals surface area (Å²) >= 11 is 0. The first-order valence-electron chi connectivity index (χ1n) is 23.5. The maximum absolute atomic E-state index is 12.6. The monoisotopic (exact) mass is 782 g/mol. The van der Waals surface area contributed by atoms with Gasteiger partial charge in [0.15, 0.2) is 0 Å². The highest BCUT2D eigenvalue weighted by Gasteiger charge is 2.24. The van der Waals surface area contributed by atoms with Gasteiger partial charge >= 0.3 is 0 Å². The fourth-order valence-electron chi connectivity index (χ4n) is 7.35. The van der Waals surface area contributed by atoms with Gasteiger partial charge < -0.3 is 10.4 Å². The molecule has 320 valence electrons. The van der Waals surface area contributed by atoms with Crippen LogP contribution in [0, 0.1) is 0 Å². The molecule has 0 saturated heterocycles. The maximum Gasteiger partial charge on any atom is 0.267 e. The molecule has 0 saturated carbocycles. The lowest BCUT2D eigenvalue weighted by molar-refractivity contribution is -0.122. The fraction of sp³-hybridized carbons (Fsp3) is 0.894. The topological polar surface area (TPSA) is 104 Å². The molecule has 0 radical (unpaired) electrons. The average molecular weight is 782 g/mol. The van der Waals surface area contributed by atoms with Gasteiger partial charge in [0.05, 0.1) is 17.9 Å². The first-order valence-corrected chi connectivity index (χ1v) is 25.1. The highest BCUT2D eigenvalue weighted by molar-refractivity contribution is 7.85. The van der Waals surface area contributed by atoms with Crippen molar-refractivity contribution >= 4 is 16.0 Å². The molecular weight excluding hydrogens is 691 g/mol. The molecule has 0 aromatic heterocycles. The molecule has 0 aliphatic heterocycles. The first-order chi connectivity index (χ1) is 26.3. The van der Waals surface area contributed by atoms with E-state index in [0.29, 0.717) is 6.42 Å². The van der Waals surface area contributed by atoms with Crippen LogP contribution < -0.4 is 5.32 Å². The van der Waals surface area contributed by atoms with Crippen molar-refractivity contribution in [2.45, 2.75) is 264 Å². The van der Waals surface area contributed by atoms with Gasteiger partial charge in [-0.05, 0) is 32.1 Å². The third-order valence-electron chi connectivity index (χ3n) is 10.9. The van der Waals surface area contributed by atoms with Gasteiger partial charge in [0.2, 0.25) is 5.91 Å². The number of rotatable bonds is 43. The zero-order valence-corrected chi connectivity index (χ0v) is 36.7. The molecule has 6 nitrogen and oxygen atoms in total. The van der Waals surface area contributed by atoms with E-state index in [-0.39, 0.29) is 5.91 Å². The van der Waals surface area contributed by atoms with E-state index < -0.39 is 28.0 Å². The standard InChI is InChI=1S/C47H91NO5S/c1-3-5-7-9-11-13-15-17-19-21-23-25-26-28-30-32-34-36-38-40-42-46(49)45(44-54(51,52)53)48-47(50)43-41-39-37-35-33-31-29-27-24-22-20-18-16-14-12-10-8-6-4-2/h32,34,40,42,45-46,49H,3-31,33,35-39,41,43-44H2,1-2H3,(H,48,50)(H,51,52,53)/b34-32+,42-40+. The number of amides is 1. The summed E-state index contributed by atoms with van der Waals surface area (Å²) in [6, 6.07) is -1.07. The van der Waals surface area contributed by atoms with E-state index in [9.17, 15) is 22.9 Å². The number of carbonyl (C=O) groups is 1. The highest BCUT2D eigenvalue weighted by Crippen LogP contribution is 2.16. The zero-order chi connectivity index (χ0) is 39.6. The van der Waals surface area contributed by atoms with Crippen molar-refractivity contribution in [3.63, 3.8) is 0 Å². The molecule has 2 unspecified atom stereocenters. The van der Waals surface area contributed by atoms with Crippen LogP contribution in [0.3, 0.4) is 0 Å². The molecule has 0 aromatic rings. The minimum Gasteiger partial charge on any atom is -0.387 e. The second kappa shape index (κ2) is 41.5. The van der Waals surface area contributed by atoms with Crippen molar-refractivity contribution in [3.8, 4) is 0 Å². The minimum atomic E-state index is -4.35. The summed E-state index contributed by atoms with van der Waals surface area (Å²) in [5, 5.41) is 13.3. The Bertz CT molecular complexity index is 950. The van der Waals surface area contributed by atoms with Crippen molar-refractivity contribution in [2.24, 2.45) is 0 Å². The van der Waals surface area contributed by atoms with Crippen LogP contribution in [0.2, 0.25) is 0 Å². The van der Waals surface area contributed by atoms with Gasteiger partial charge in [-0.15, -0.1) is 0 Å². The summed E-state index contributed by atoms with van der Waals surface area (Å²) in [6.45, 7) is 4.55. The lowest BCUT2D eigenvalue weighted by atomic mass is 10.0. The molecule has 1 amide bonds. The largest absolute Gasteiger partial charge is 0.387 e. The van der Waals surface area contributed by atoms with Gasteiger partial charge in [-0.25, -0.2) is 0 Å². The number of unbranched alkanes of at least 4 members (excludes halogenated alkanes) is 33. The van der Waals surface area contributed by atoms with Gasteiger partial charge in [-0.3, -0.25) is 9.35 Å². The van der Waals surface area contributed by atoms with Crippen LogP contribution in [0.1, 0.15) is 251 Å². The Morgan fingerprint density at radius 1 is 0.481 bits per heavy atom. The number of nitrogens with one attached hydrogen (secondary N) is 1. The molecule has 3 N–H and O–H groups in total. The van der Waals surface area contributed by atoms with Crippen molar-refractivity contribution in [2.75, 3.05) is 5.75 Å². The number of aliphatic hydroxyl groups is 1. The van der Waals surface area contributed by atoms with Crippen LogP contribution >= 0.6 is 0 Å². The fourth-order valence-corrected chi connectivity index (χ4v) is 8.08. The maximum atomic E-state index is 12.6. The van der Waals surface area contributed by atoms with Crippen LogP contribution in [0.4, 0.5) is 0 Å². The Labute approximate surface area is 336 Å². The number of hydrogen-bond acceptors (Lipinski definition) is 4. The summed E-state index contributed by atoms with van der Waals surface area (Å²) < 4.78 is 32.6. The number of aliphatic hydroxyl groups excluding tert-OH is 1. The third-order valence-corrected chi connectivity index (χ3v) is 11.7. The van der Waals surface area contributed by atoms with Gasteiger partial charge in [0.25, 0.3) is 10.1 Å². The lowest BCUT2D eigenvalue weighted by Crippen LogP contribution is -2.46. The van der Waals surface area contributed by atoms with Gasteiger partial charge in [-0.1, -0.05) is 237 Å². The molecule has 0 fully saturated rings. The van der Waals surface area contributed by atoms with E-state index in [1.54, 1.807) is 0 Å². The quantitative estimate of drug-likeness (QED) is 0.0325. The first kappa shape index (κ1) is 52.8. The van der Waals surface area contributed by atoms with Crippen LogP contribution in [0.15, 0.2) is 24.3 Å². The molecular formula is C47H91NO5S. The van der Waals surface area contributed by atoms with E-state index in [1.165, 1.54) is 199 Å². The predicted octanol–water partition coefficient (Wildman–Crippen LogP) is 14.3. The lowest BCUT2D eigenvalue weighted by Gasteiger charge is -2.21. The van der Waals surface area contributed by atoms with E-state index in [2.05, 4.69) is 31.3 Å². The van der Waals surface area contributed by atoms with E-state index in [1.807, 2.05) is 6.08 Å². The molecule has 7 heteroatoms. The van der Waals surface area contributed by atoms with Crippen LogP contribution in [0.25, 0.3) is 0 Å². The van der Waals surface area contributed by atoms with E-state index in [0.717, 1.165) is 38.5 Å². The average Bonchev–Trinajstić information content (AvgIpc) is 3.14.